The summed E-state index contributed by atoms with van der Waals surface area (Å²) in [6, 6.07) is 11.8. The molecule has 0 unspecified atom stereocenters. The molecular weight excluding hydrogens is 509 g/mol. The third-order valence-electron chi connectivity index (χ3n) is 5.92. The molecule has 0 radical (unpaired) electrons. The molecule has 0 amide bonds. The van der Waals surface area contributed by atoms with E-state index in [1.165, 1.54) is 18.4 Å². The molecule has 1 fully saturated rings. The normalized spacial score (nSPS) is 16.9. The molecule has 4 rings (SSSR count). The second kappa shape index (κ2) is 10.3. The van der Waals surface area contributed by atoms with Gasteiger partial charge in [0.05, 0.1) is 20.8 Å². The lowest BCUT2D eigenvalue weighted by molar-refractivity contribution is 0.171. The molecule has 0 spiro atoms. The molecule has 1 heterocycles. The van der Waals surface area contributed by atoms with Crippen LogP contribution in [0.15, 0.2) is 41.4 Å². The fourth-order valence-electron chi connectivity index (χ4n) is 4.30. The van der Waals surface area contributed by atoms with Gasteiger partial charge in [0.1, 0.15) is 13.2 Å². The van der Waals surface area contributed by atoms with E-state index in [9.17, 15) is 0 Å². The fourth-order valence-corrected chi connectivity index (χ4v) is 4.30. The molecule has 31 heavy (non-hydrogen) atoms. The second-order valence-corrected chi connectivity index (χ2v) is 7.74. The van der Waals surface area contributed by atoms with Crippen LogP contribution in [0.5, 0.6) is 23.0 Å². The maximum absolute atomic E-state index is 6.22. The van der Waals surface area contributed by atoms with Crippen LogP contribution in [0.3, 0.4) is 0 Å². The molecule has 7 nitrogen and oxygen atoms in total. The summed E-state index contributed by atoms with van der Waals surface area (Å²) in [5.74, 6) is 3.33. The third-order valence-corrected chi connectivity index (χ3v) is 5.92. The van der Waals surface area contributed by atoms with Crippen molar-refractivity contribution in [3.63, 3.8) is 0 Å². The van der Waals surface area contributed by atoms with E-state index in [1.807, 2.05) is 24.3 Å². The number of methoxy groups -OCH3 is 2. The lowest BCUT2D eigenvalue weighted by atomic mass is 9.79. The predicted molar refractivity (Wildman–Crippen MR) is 133 cm³/mol. The van der Waals surface area contributed by atoms with Crippen LogP contribution in [0.2, 0.25) is 0 Å². The van der Waals surface area contributed by atoms with Crippen molar-refractivity contribution in [2.24, 2.45) is 10.7 Å². The molecule has 0 aromatic heterocycles. The molecule has 8 heteroatoms. The van der Waals surface area contributed by atoms with Gasteiger partial charge in [-0.3, -0.25) is 4.99 Å². The first-order valence-electron chi connectivity index (χ1n) is 10.3. The average Bonchev–Trinajstić information content (AvgIpc) is 3.27. The van der Waals surface area contributed by atoms with Gasteiger partial charge >= 0.3 is 0 Å². The number of hydrogen-bond acceptors (Lipinski definition) is 5. The summed E-state index contributed by atoms with van der Waals surface area (Å²) in [6.07, 6.45) is 4.54. The zero-order valence-corrected chi connectivity index (χ0v) is 20.3. The minimum absolute atomic E-state index is 0. The Labute approximate surface area is 200 Å². The van der Waals surface area contributed by atoms with Gasteiger partial charge in [-0.15, -0.1) is 24.0 Å². The highest BCUT2D eigenvalue weighted by Crippen LogP contribution is 2.44. The zero-order valence-electron chi connectivity index (χ0n) is 18.0. The molecule has 3 N–H and O–H groups in total. The standard InChI is InChI=1S/C23H29N3O4.HI/c1-27-18-8-6-17(14-20(18)28-2)26-22(24)25-15-23(9-3-4-10-23)16-5-7-19-21(13-16)30-12-11-29-19;/h5-8,13-14H,3-4,9-12,15H2,1-2H3,(H3,24,25,26);1H. The lowest BCUT2D eigenvalue weighted by Gasteiger charge is -2.29. The van der Waals surface area contributed by atoms with E-state index < -0.39 is 0 Å². The largest absolute Gasteiger partial charge is 0.493 e. The van der Waals surface area contributed by atoms with Crippen molar-refractivity contribution < 1.29 is 18.9 Å². The van der Waals surface area contributed by atoms with Crippen molar-refractivity contribution in [3.8, 4) is 23.0 Å². The second-order valence-electron chi connectivity index (χ2n) is 7.74. The van der Waals surface area contributed by atoms with E-state index in [1.54, 1.807) is 14.2 Å². The van der Waals surface area contributed by atoms with Crippen molar-refractivity contribution in [1.29, 1.82) is 0 Å². The van der Waals surface area contributed by atoms with Crippen molar-refractivity contribution in [3.05, 3.63) is 42.0 Å². The van der Waals surface area contributed by atoms with Crippen LogP contribution in [0.4, 0.5) is 5.69 Å². The van der Waals surface area contributed by atoms with Crippen LogP contribution < -0.4 is 30.0 Å². The first-order chi connectivity index (χ1) is 14.6. The summed E-state index contributed by atoms with van der Waals surface area (Å²) in [5, 5.41) is 3.16. The topological polar surface area (TPSA) is 87.3 Å². The third kappa shape index (κ3) is 5.11. The number of anilines is 1. The van der Waals surface area contributed by atoms with E-state index in [0.29, 0.717) is 37.2 Å². The van der Waals surface area contributed by atoms with Gasteiger partial charge in [0, 0.05) is 17.2 Å². The number of nitrogens with one attached hydrogen (secondary N) is 1. The van der Waals surface area contributed by atoms with Gasteiger partial charge in [-0.05, 0) is 42.7 Å². The van der Waals surface area contributed by atoms with Crippen molar-refractivity contribution in [2.75, 3.05) is 39.3 Å². The Hall–Kier alpha value is -2.36. The predicted octanol–water partition coefficient (Wildman–Crippen LogP) is 4.33. The summed E-state index contributed by atoms with van der Waals surface area (Å²) in [7, 11) is 3.22. The number of halogens is 1. The Morgan fingerprint density at radius 2 is 1.71 bits per heavy atom. The molecule has 1 aliphatic heterocycles. The number of nitrogens with two attached hydrogens (primary N) is 1. The van der Waals surface area contributed by atoms with E-state index in [0.717, 1.165) is 30.0 Å². The van der Waals surface area contributed by atoms with Crippen LogP contribution in [-0.2, 0) is 5.41 Å². The Morgan fingerprint density at radius 3 is 2.42 bits per heavy atom. The zero-order chi connectivity index (χ0) is 21.0. The van der Waals surface area contributed by atoms with Crippen molar-refractivity contribution >= 4 is 35.6 Å². The number of fused-ring (bicyclic) bond motifs is 1. The number of benzene rings is 2. The number of aliphatic imine (C=N–C) groups is 1. The monoisotopic (exact) mass is 539 g/mol. The van der Waals surface area contributed by atoms with E-state index in [-0.39, 0.29) is 29.4 Å². The summed E-state index contributed by atoms with van der Waals surface area (Å²) < 4.78 is 22.1. The first kappa shape index (κ1) is 23.3. The number of hydrogen-bond donors (Lipinski definition) is 2. The van der Waals surface area contributed by atoms with Crippen LogP contribution in [0, 0.1) is 0 Å². The smallest absolute Gasteiger partial charge is 0.193 e. The highest BCUT2D eigenvalue weighted by atomic mass is 127. The minimum Gasteiger partial charge on any atom is -0.493 e. The summed E-state index contributed by atoms with van der Waals surface area (Å²) >= 11 is 0. The lowest BCUT2D eigenvalue weighted by Crippen LogP contribution is -2.30. The van der Waals surface area contributed by atoms with Gasteiger partial charge in [0.2, 0.25) is 0 Å². The Balaban J connectivity index is 0.00000272. The van der Waals surface area contributed by atoms with Crippen LogP contribution in [-0.4, -0.2) is 39.9 Å². The summed E-state index contributed by atoms with van der Waals surface area (Å²) in [6.45, 7) is 1.81. The van der Waals surface area contributed by atoms with Gasteiger partial charge < -0.3 is 30.0 Å². The molecule has 0 atom stereocenters. The summed E-state index contributed by atoms with van der Waals surface area (Å²) in [5.41, 5.74) is 8.23. The first-order valence-corrected chi connectivity index (χ1v) is 10.3. The maximum Gasteiger partial charge on any atom is 0.193 e. The van der Waals surface area contributed by atoms with E-state index in [2.05, 4.69) is 17.4 Å². The highest BCUT2D eigenvalue weighted by Gasteiger charge is 2.36. The maximum atomic E-state index is 6.22. The van der Waals surface area contributed by atoms with Gasteiger partial charge in [-0.1, -0.05) is 18.9 Å². The molecule has 2 aromatic rings. The molecule has 0 saturated heterocycles. The number of ether oxygens (including phenoxy) is 4. The highest BCUT2D eigenvalue weighted by molar-refractivity contribution is 14.0. The van der Waals surface area contributed by atoms with Gasteiger partial charge in [0.25, 0.3) is 0 Å². The van der Waals surface area contributed by atoms with Crippen LogP contribution in [0.1, 0.15) is 31.2 Å². The fraction of sp³-hybridized carbons (Fsp3) is 0.435. The number of rotatable bonds is 6. The molecule has 1 saturated carbocycles. The van der Waals surface area contributed by atoms with Gasteiger partial charge in [-0.25, -0.2) is 0 Å². The Bertz CT molecular complexity index is 929. The molecule has 168 valence electrons. The molecule has 0 bridgehead atoms. The van der Waals surface area contributed by atoms with E-state index >= 15 is 0 Å². The quantitative estimate of drug-likeness (QED) is 0.323. The number of guanidine groups is 1. The summed E-state index contributed by atoms with van der Waals surface area (Å²) in [4.78, 5) is 4.70. The van der Waals surface area contributed by atoms with Gasteiger partial charge in [-0.2, -0.15) is 0 Å². The van der Waals surface area contributed by atoms with E-state index in [4.69, 9.17) is 29.7 Å². The van der Waals surface area contributed by atoms with Gasteiger partial charge in [0.15, 0.2) is 29.0 Å². The molecule has 2 aliphatic rings. The number of nitrogens with zero attached hydrogens (tertiary/aromatic N) is 1. The molecular formula is C23H30IN3O4. The minimum atomic E-state index is -0.0280. The van der Waals surface area contributed by atoms with Crippen molar-refractivity contribution in [1.82, 2.24) is 0 Å². The SMILES string of the molecule is COc1ccc(NC(N)=NCC2(c3ccc4c(c3)OCCO4)CCCC2)cc1OC.I. The molecule has 1 aliphatic carbocycles. The molecule has 2 aromatic carbocycles. The van der Waals surface area contributed by atoms with Crippen LogP contribution in [0.25, 0.3) is 0 Å². The van der Waals surface area contributed by atoms with Crippen molar-refractivity contribution in [2.45, 2.75) is 31.1 Å². The van der Waals surface area contributed by atoms with Crippen LogP contribution >= 0.6 is 24.0 Å². The Morgan fingerprint density at radius 1 is 1.00 bits per heavy atom. The Kier molecular flexibility index (Phi) is 7.74. The average molecular weight is 539 g/mol.